The van der Waals surface area contributed by atoms with Crippen LogP contribution in [-0.4, -0.2) is 32.2 Å². The number of benzene rings is 1. The van der Waals surface area contributed by atoms with E-state index < -0.39 is 11.7 Å². The van der Waals surface area contributed by atoms with Gasteiger partial charge in [-0.25, -0.2) is 9.37 Å². The van der Waals surface area contributed by atoms with Crippen LogP contribution in [0.4, 0.5) is 21.7 Å². The molecule has 0 bridgehead atoms. The van der Waals surface area contributed by atoms with Gasteiger partial charge in [0, 0.05) is 30.9 Å². The van der Waals surface area contributed by atoms with Crippen molar-refractivity contribution in [3.8, 4) is 11.5 Å². The number of hydrogen-bond donors (Lipinski definition) is 3. The Bertz CT molecular complexity index is 715. The predicted molar refractivity (Wildman–Crippen MR) is 85.1 cm³/mol. The largest absolute Gasteiger partial charge is 0.497 e. The lowest BCUT2D eigenvalue weighted by Gasteiger charge is -2.13. The molecule has 0 unspecified atom stereocenters. The van der Waals surface area contributed by atoms with E-state index in [0.717, 1.165) is 6.07 Å². The molecule has 7 nitrogen and oxygen atoms in total. The minimum absolute atomic E-state index is 0.00707. The first-order valence-electron chi connectivity index (χ1n) is 6.66. The second kappa shape index (κ2) is 6.82. The summed E-state index contributed by atoms with van der Waals surface area (Å²) >= 11 is 0. The van der Waals surface area contributed by atoms with Crippen molar-refractivity contribution in [2.75, 3.05) is 31.9 Å². The van der Waals surface area contributed by atoms with Gasteiger partial charge >= 0.3 is 0 Å². The van der Waals surface area contributed by atoms with Gasteiger partial charge in [-0.1, -0.05) is 0 Å². The third-order valence-electron chi connectivity index (χ3n) is 3.09. The second-order valence-corrected chi connectivity index (χ2v) is 4.56. The fourth-order valence-corrected chi connectivity index (χ4v) is 1.96. The summed E-state index contributed by atoms with van der Waals surface area (Å²) in [6.45, 7) is 0. The first kappa shape index (κ1) is 16.3. The molecule has 0 radical (unpaired) electrons. The van der Waals surface area contributed by atoms with Gasteiger partial charge in [-0.3, -0.25) is 4.79 Å². The lowest BCUT2D eigenvalue weighted by atomic mass is 10.2. The molecule has 122 valence electrons. The normalized spacial score (nSPS) is 10.1. The van der Waals surface area contributed by atoms with Gasteiger partial charge in [-0.2, -0.15) is 0 Å². The second-order valence-electron chi connectivity index (χ2n) is 4.56. The number of methoxy groups -OCH3 is 2. The van der Waals surface area contributed by atoms with Crippen molar-refractivity contribution in [1.82, 2.24) is 4.98 Å². The monoisotopic (exact) mass is 320 g/mol. The quantitative estimate of drug-likeness (QED) is 0.754. The number of anilines is 3. The minimum atomic E-state index is -0.795. The summed E-state index contributed by atoms with van der Waals surface area (Å²) in [5.74, 6) is -0.260. The highest BCUT2D eigenvalue weighted by molar-refractivity contribution is 5.98. The predicted octanol–water partition coefficient (Wildman–Crippen LogP) is 2.12. The van der Waals surface area contributed by atoms with E-state index in [1.54, 1.807) is 18.2 Å². The van der Waals surface area contributed by atoms with Crippen LogP contribution < -0.4 is 25.8 Å². The Morgan fingerprint density at radius 1 is 1.13 bits per heavy atom. The van der Waals surface area contributed by atoms with Crippen molar-refractivity contribution < 1.29 is 18.7 Å². The third kappa shape index (κ3) is 3.60. The van der Waals surface area contributed by atoms with Gasteiger partial charge in [0.1, 0.15) is 17.3 Å². The molecule has 0 spiro atoms. The number of primary amides is 1. The number of nitrogens with zero attached hydrogens (tertiary/aromatic N) is 1. The van der Waals surface area contributed by atoms with E-state index in [1.165, 1.54) is 21.3 Å². The maximum absolute atomic E-state index is 13.8. The molecule has 1 aromatic heterocycles. The van der Waals surface area contributed by atoms with Crippen LogP contribution in [0.1, 0.15) is 10.4 Å². The van der Waals surface area contributed by atoms with Crippen LogP contribution in [0.3, 0.4) is 0 Å². The molecular weight excluding hydrogens is 303 g/mol. The summed E-state index contributed by atoms with van der Waals surface area (Å²) < 4.78 is 24.1. The van der Waals surface area contributed by atoms with Crippen LogP contribution in [-0.2, 0) is 0 Å². The maximum atomic E-state index is 13.8. The number of hydrogen-bond acceptors (Lipinski definition) is 6. The number of aromatic nitrogens is 1. The molecule has 0 fully saturated rings. The molecule has 0 aliphatic rings. The Kier molecular flexibility index (Phi) is 4.85. The number of amides is 1. The summed E-state index contributed by atoms with van der Waals surface area (Å²) in [4.78, 5) is 15.6. The lowest BCUT2D eigenvalue weighted by Crippen LogP contribution is -2.16. The van der Waals surface area contributed by atoms with Crippen molar-refractivity contribution in [3.63, 3.8) is 0 Å². The molecule has 23 heavy (non-hydrogen) atoms. The molecule has 0 saturated heterocycles. The van der Waals surface area contributed by atoms with E-state index in [2.05, 4.69) is 15.6 Å². The Balaban J connectivity index is 2.48. The molecule has 0 aliphatic carbocycles. The molecule has 1 heterocycles. The van der Waals surface area contributed by atoms with Gasteiger partial charge in [0.25, 0.3) is 5.91 Å². The van der Waals surface area contributed by atoms with E-state index in [1.807, 2.05) is 0 Å². The van der Waals surface area contributed by atoms with E-state index in [-0.39, 0.29) is 17.2 Å². The highest BCUT2D eigenvalue weighted by atomic mass is 19.1. The molecule has 0 atom stereocenters. The van der Waals surface area contributed by atoms with Crippen molar-refractivity contribution in [2.45, 2.75) is 0 Å². The molecule has 1 amide bonds. The molecular formula is C15H17FN4O3. The fraction of sp³-hybridized carbons (Fsp3) is 0.200. The van der Waals surface area contributed by atoms with Gasteiger partial charge in [-0.15, -0.1) is 0 Å². The molecule has 4 N–H and O–H groups in total. The van der Waals surface area contributed by atoms with Gasteiger partial charge in [0.2, 0.25) is 0 Å². The van der Waals surface area contributed by atoms with Crippen LogP contribution in [0.15, 0.2) is 24.3 Å². The highest BCUT2D eigenvalue weighted by Crippen LogP contribution is 2.29. The SMILES string of the molecule is CNc1nc(Nc2cc(OC)cc(OC)c2)c(C(N)=O)cc1F. The summed E-state index contributed by atoms with van der Waals surface area (Å²) in [5, 5.41) is 5.53. The molecule has 0 aliphatic heterocycles. The number of carbonyl (C=O) groups is 1. The Labute approximate surface area is 132 Å². The Hall–Kier alpha value is -3.03. The average molecular weight is 320 g/mol. The number of nitrogens with two attached hydrogens (primary N) is 1. The van der Waals surface area contributed by atoms with E-state index in [4.69, 9.17) is 15.2 Å². The van der Waals surface area contributed by atoms with Crippen LogP contribution in [0.2, 0.25) is 0 Å². The summed E-state index contributed by atoms with van der Waals surface area (Å²) in [7, 11) is 4.55. The van der Waals surface area contributed by atoms with E-state index >= 15 is 0 Å². The molecule has 2 aromatic rings. The lowest BCUT2D eigenvalue weighted by molar-refractivity contribution is 0.100. The van der Waals surface area contributed by atoms with Crippen molar-refractivity contribution in [2.24, 2.45) is 5.73 Å². The van der Waals surface area contributed by atoms with E-state index in [9.17, 15) is 9.18 Å². The highest BCUT2D eigenvalue weighted by Gasteiger charge is 2.16. The number of rotatable bonds is 6. The molecule has 0 saturated carbocycles. The van der Waals surface area contributed by atoms with Crippen LogP contribution in [0, 0.1) is 5.82 Å². The van der Waals surface area contributed by atoms with Gasteiger partial charge in [-0.05, 0) is 6.07 Å². The van der Waals surface area contributed by atoms with Crippen molar-refractivity contribution in [1.29, 1.82) is 0 Å². The Morgan fingerprint density at radius 3 is 2.22 bits per heavy atom. The number of nitrogens with one attached hydrogen (secondary N) is 2. The number of carbonyl (C=O) groups excluding carboxylic acids is 1. The molecule has 1 aromatic carbocycles. The Morgan fingerprint density at radius 2 is 1.74 bits per heavy atom. The number of halogens is 1. The number of ether oxygens (including phenoxy) is 2. The van der Waals surface area contributed by atoms with Gasteiger partial charge in [0.05, 0.1) is 19.8 Å². The molecule has 2 rings (SSSR count). The number of pyridine rings is 1. The van der Waals surface area contributed by atoms with Crippen molar-refractivity contribution >= 4 is 23.2 Å². The van der Waals surface area contributed by atoms with Crippen molar-refractivity contribution in [3.05, 3.63) is 35.6 Å². The van der Waals surface area contributed by atoms with Gasteiger partial charge < -0.3 is 25.8 Å². The summed E-state index contributed by atoms with van der Waals surface area (Å²) in [6, 6.07) is 6.08. The first-order chi connectivity index (χ1) is 11.0. The fourth-order valence-electron chi connectivity index (χ4n) is 1.96. The first-order valence-corrected chi connectivity index (χ1v) is 6.66. The molecule has 8 heteroatoms. The van der Waals surface area contributed by atoms with Crippen LogP contribution in [0.25, 0.3) is 0 Å². The summed E-state index contributed by atoms with van der Waals surface area (Å²) in [6.07, 6.45) is 0. The van der Waals surface area contributed by atoms with Crippen LogP contribution >= 0.6 is 0 Å². The topological polar surface area (TPSA) is 98.5 Å². The summed E-state index contributed by atoms with van der Waals surface area (Å²) in [5.41, 5.74) is 5.77. The standard InChI is InChI=1S/C15H17FN4O3/c1-18-15-12(16)7-11(13(17)21)14(20-15)19-8-4-9(22-2)6-10(5-8)23-3/h4-7H,1-3H3,(H2,17,21)(H2,18,19,20). The minimum Gasteiger partial charge on any atom is -0.497 e. The smallest absolute Gasteiger partial charge is 0.252 e. The average Bonchev–Trinajstić information content (AvgIpc) is 2.55. The zero-order valence-corrected chi connectivity index (χ0v) is 12.9. The zero-order chi connectivity index (χ0) is 17.0. The van der Waals surface area contributed by atoms with Gasteiger partial charge in [0.15, 0.2) is 11.6 Å². The van der Waals surface area contributed by atoms with Crippen LogP contribution in [0.5, 0.6) is 11.5 Å². The zero-order valence-electron chi connectivity index (χ0n) is 12.9. The third-order valence-corrected chi connectivity index (χ3v) is 3.09. The maximum Gasteiger partial charge on any atom is 0.252 e. The van der Waals surface area contributed by atoms with E-state index in [0.29, 0.717) is 17.2 Å².